The lowest BCUT2D eigenvalue weighted by atomic mass is 10.2. The van der Waals surface area contributed by atoms with E-state index in [1.807, 2.05) is 4.57 Å². The minimum Gasteiger partial charge on any atom is -0.361 e. The predicted octanol–water partition coefficient (Wildman–Crippen LogP) is 3.21. The van der Waals surface area contributed by atoms with Crippen molar-refractivity contribution in [1.29, 1.82) is 0 Å². The topological polar surface area (TPSA) is 49.0 Å². The molecular formula is C15H22ClN3O2Si. The molecular weight excluding hydrogens is 318 g/mol. The summed E-state index contributed by atoms with van der Waals surface area (Å²) in [5, 5.41) is 0.414. The van der Waals surface area contributed by atoms with Gasteiger partial charge in [0.25, 0.3) is 0 Å². The Morgan fingerprint density at radius 3 is 2.64 bits per heavy atom. The molecule has 0 fully saturated rings. The van der Waals surface area contributed by atoms with E-state index < -0.39 is 8.07 Å². The molecule has 0 aliphatic heterocycles. The van der Waals surface area contributed by atoms with Crippen LogP contribution in [0.3, 0.4) is 0 Å². The van der Waals surface area contributed by atoms with Crippen LogP contribution in [0.15, 0.2) is 29.3 Å². The summed E-state index contributed by atoms with van der Waals surface area (Å²) in [7, 11) is 0.618. The molecule has 2 heterocycles. The second kappa shape index (κ2) is 6.81. The van der Waals surface area contributed by atoms with E-state index in [0.717, 1.165) is 18.2 Å². The van der Waals surface area contributed by atoms with Crippen LogP contribution in [0.1, 0.15) is 0 Å². The van der Waals surface area contributed by atoms with Crippen LogP contribution in [0.4, 0.5) is 0 Å². The van der Waals surface area contributed by atoms with Gasteiger partial charge in [-0.2, -0.15) is 0 Å². The number of imidazole rings is 1. The molecule has 0 amide bonds. The molecule has 0 radical (unpaired) electrons. The largest absolute Gasteiger partial charge is 0.361 e. The van der Waals surface area contributed by atoms with Crippen molar-refractivity contribution in [3.05, 3.63) is 40.0 Å². The Morgan fingerprint density at radius 1 is 1.27 bits per heavy atom. The molecule has 0 saturated carbocycles. The summed E-state index contributed by atoms with van der Waals surface area (Å²) < 4.78 is 9.15. The van der Waals surface area contributed by atoms with Gasteiger partial charge in [0.15, 0.2) is 0 Å². The number of halogens is 1. The van der Waals surface area contributed by atoms with Crippen molar-refractivity contribution in [1.82, 2.24) is 14.1 Å². The number of hydrogen-bond acceptors (Lipinski definition) is 3. The summed E-state index contributed by atoms with van der Waals surface area (Å²) in [6, 6.07) is 4.39. The second-order valence-electron chi connectivity index (χ2n) is 6.57. The fourth-order valence-electron chi connectivity index (χ4n) is 1.98. The highest BCUT2D eigenvalue weighted by Crippen LogP contribution is 2.20. The van der Waals surface area contributed by atoms with Crippen LogP contribution >= 0.6 is 11.6 Å². The van der Waals surface area contributed by atoms with Gasteiger partial charge in [-0.1, -0.05) is 31.2 Å². The SMILES string of the molecule is Cn1cc(-c2nc(Cl)cn2COCC[Si](C)(C)C)ccc1=O. The Labute approximate surface area is 136 Å². The Morgan fingerprint density at radius 2 is 2.00 bits per heavy atom. The molecule has 120 valence electrons. The second-order valence-corrected chi connectivity index (χ2v) is 12.6. The summed E-state index contributed by atoms with van der Waals surface area (Å²) in [6.07, 6.45) is 3.50. The van der Waals surface area contributed by atoms with Gasteiger partial charge in [0, 0.05) is 45.8 Å². The van der Waals surface area contributed by atoms with Gasteiger partial charge in [0.05, 0.1) is 0 Å². The van der Waals surface area contributed by atoms with Crippen molar-refractivity contribution in [3.63, 3.8) is 0 Å². The molecule has 2 aromatic rings. The van der Waals surface area contributed by atoms with Crippen LogP contribution in [0.5, 0.6) is 0 Å². The average Bonchev–Trinajstić information content (AvgIpc) is 2.78. The molecule has 0 aromatic carbocycles. The van der Waals surface area contributed by atoms with Gasteiger partial charge in [-0.3, -0.25) is 4.79 Å². The van der Waals surface area contributed by atoms with E-state index >= 15 is 0 Å². The van der Waals surface area contributed by atoms with Crippen molar-refractivity contribution < 1.29 is 4.74 Å². The smallest absolute Gasteiger partial charge is 0.250 e. The summed E-state index contributed by atoms with van der Waals surface area (Å²) in [5.74, 6) is 0.702. The first-order chi connectivity index (χ1) is 10.3. The van der Waals surface area contributed by atoms with E-state index in [1.54, 1.807) is 25.5 Å². The van der Waals surface area contributed by atoms with E-state index in [9.17, 15) is 4.79 Å². The zero-order valence-corrected chi connectivity index (χ0v) is 15.2. The average molecular weight is 340 g/mol. The fourth-order valence-corrected chi connectivity index (χ4v) is 2.93. The summed E-state index contributed by atoms with van der Waals surface area (Å²) in [4.78, 5) is 15.8. The molecule has 22 heavy (non-hydrogen) atoms. The monoisotopic (exact) mass is 339 g/mol. The van der Waals surface area contributed by atoms with Gasteiger partial charge in [0.2, 0.25) is 5.56 Å². The standard InChI is InChI=1S/C15H22ClN3O2Si/c1-18-9-12(5-6-14(18)20)15-17-13(16)10-19(15)11-21-7-8-22(2,3)4/h5-6,9-10H,7-8,11H2,1-4H3. The molecule has 0 saturated heterocycles. The number of rotatable bonds is 6. The van der Waals surface area contributed by atoms with Crippen molar-refractivity contribution >= 4 is 19.7 Å². The van der Waals surface area contributed by atoms with Crippen LogP contribution < -0.4 is 5.56 Å². The molecule has 0 aliphatic carbocycles. The highest BCUT2D eigenvalue weighted by molar-refractivity contribution is 6.76. The van der Waals surface area contributed by atoms with E-state index in [0.29, 0.717) is 17.7 Å². The van der Waals surface area contributed by atoms with E-state index in [-0.39, 0.29) is 5.56 Å². The molecule has 0 spiro atoms. The highest BCUT2D eigenvalue weighted by atomic mass is 35.5. The maximum atomic E-state index is 11.5. The van der Waals surface area contributed by atoms with Gasteiger partial charge >= 0.3 is 0 Å². The maximum absolute atomic E-state index is 11.5. The van der Waals surface area contributed by atoms with E-state index in [2.05, 4.69) is 24.6 Å². The third-order valence-corrected chi connectivity index (χ3v) is 5.20. The lowest BCUT2D eigenvalue weighted by Gasteiger charge is -2.16. The molecule has 0 bridgehead atoms. The van der Waals surface area contributed by atoms with E-state index in [4.69, 9.17) is 16.3 Å². The van der Waals surface area contributed by atoms with Gasteiger partial charge in [-0.05, 0) is 12.1 Å². The molecule has 0 atom stereocenters. The summed E-state index contributed by atoms with van der Waals surface area (Å²) in [6.45, 7) is 8.10. The van der Waals surface area contributed by atoms with Crippen molar-refractivity contribution in [2.24, 2.45) is 7.05 Å². The normalized spacial score (nSPS) is 11.9. The Hall–Kier alpha value is -1.37. The number of nitrogens with zero attached hydrogens (tertiary/aromatic N) is 3. The van der Waals surface area contributed by atoms with Crippen molar-refractivity contribution in [3.8, 4) is 11.4 Å². The third-order valence-electron chi connectivity index (χ3n) is 3.32. The Bertz CT molecular complexity index is 704. The lowest BCUT2D eigenvalue weighted by molar-refractivity contribution is 0.0883. The Balaban J connectivity index is 2.13. The molecule has 0 aliphatic rings. The number of aromatic nitrogens is 3. The zero-order valence-electron chi connectivity index (χ0n) is 13.5. The molecule has 0 N–H and O–H groups in total. The first-order valence-electron chi connectivity index (χ1n) is 7.24. The first-order valence-corrected chi connectivity index (χ1v) is 11.3. The lowest BCUT2D eigenvalue weighted by Crippen LogP contribution is -2.22. The van der Waals surface area contributed by atoms with Gasteiger partial charge in [-0.25, -0.2) is 4.98 Å². The third kappa shape index (κ3) is 4.56. The number of aryl methyl sites for hydroxylation is 1. The molecule has 2 rings (SSSR count). The Kier molecular flexibility index (Phi) is 5.26. The van der Waals surface area contributed by atoms with Crippen LogP contribution in [0.2, 0.25) is 30.8 Å². The fraction of sp³-hybridized carbons (Fsp3) is 0.467. The van der Waals surface area contributed by atoms with Crippen LogP contribution in [-0.2, 0) is 18.5 Å². The van der Waals surface area contributed by atoms with Crippen LogP contribution in [-0.4, -0.2) is 28.8 Å². The number of pyridine rings is 1. The van der Waals surface area contributed by atoms with Gasteiger partial charge in [-0.15, -0.1) is 0 Å². The van der Waals surface area contributed by atoms with Crippen molar-refractivity contribution in [2.75, 3.05) is 6.61 Å². The first kappa shape index (κ1) is 17.0. The molecule has 2 aromatic heterocycles. The molecule has 7 heteroatoms. The van der Waals surface area contributed by atoms with Crippen LogP contribution in [0, 0.1) is 0 Å². The predicted molar refractivity (Wildman–Crippen MR) is 92.0 cm³/mol. The number of ether oxygens (including phenoxy) is 1. The minimum absolute atomic E-state index is 0.0562. The summed E-state index contributed by atoms with van der Waals surface area (Å²) >= 11 is 6.02. The van der Waals surface area contributed by atoms with E-state index in [1.165, 1.54) is 10.6 Å². The zero-order chi connectivity index (χ0) is 16.3. The molecule has 5 nitrogen and oxygen atoms in total. The quantitative estimate of drug-likeness (QED) is 0.599. The summed E-state index contributed by atoms with van der Waals surface area (Å²) in [5.41, 5.74) is 0.780. The highest BCUT2D eigenvalue weighted by Gasteiger charge is 2.13. The van der Waals surface area contributed by atoms with Gasteiger partial charge in [0.1, 0.15) is 17.7 Å². The van der Waals surface area contributed by atoms with Crippen LogP contribution in [0.25, 0.3) is 11.4 Å². The maximum Gasteiger partial charge on any atom is 0.250 e. The van der Waals surface area contributed by atoms with Gasteiger partial charge < -0.3 is 13.9 Å². The number of hydrogen-bond donors (Lipinski definition) is 0. The van der Waals surface area contributed by atoms with Crippen molar-refractivity contribution in [2.45, 2.75) is 32.4 Å². The molecule has 0 unspecified atom stereocenters. The minimum atomic E-state index is -1.10.